The highest BCUT2D eigenvalue weighted by Crippen LogP contribution is 2.58. The first-order chi connectivity index (χ1) is 23.1. The third-order valence-corrected chi connectivity index (χ3v) is 9.68. The van der Waals surface area contributed by atoms with Gasteiger partial charge in [0.25, 0.3) is 0 Å². The molecule has 2 heterocycles. The molecule has 11 heteroatoms. The Bertz CT molecular complexity index is 1890. The first kappa shape index (κ1) is 33.5. The van der Waals surface area contributed by atoms with E-state index in [1.165, 1.54) is 13.2 Å². The number of likely N-dealkylation sites (tertiary alicyclic amines) is 1. The predicted molar refractivity (Wildman–Crippen MR) is 183 cm³/mol. The summed E-state index contributed by atoms with van der Waals surface area (Å²) in [6.45, 7) is 4.85. The zero-order valence-corrected chi connectivity index (χ0v) is 28.1. The number of anilines is 2. The standard InChI is InChI=1S/C37H34Cl2FN3O5/c1-4-43(25-15-12-23(13-16-25)35(45)47-3)34(44)28-21-42(20-22-8-6-9-26(18-22)48-5-2)37(32(28)27-10-7-11-30(39)33(27)40)29-17-14-24(38)19-31(29)41-36(37)46/h6-19,28,32H,4-5,20-21H2,1-3H3,(H,41,46)/t28-,32+,37-/m1/s1. The van der Waals surface area contributed by atoms with Gasteiger partial charge in [-0.15, -0.1) is 0 Å². The molecule has 4 aromatic carbocycles. The van der Waals surface area contributed by atoms with Crippen molar-refractivity contribution in [3.8, 4) is 5.75 Å². The molecule has 0 saturated carbocycles. The Balaban J connectivity index is 1.54. The van der Waals surface area contributed by atoms with Crippen LogP contribution in [0.1, 0.15) is 46.8 Å². The molecule has 0 aromatic heterocycles. The van der Waals surface area contributed by atoms with Gasteiger partial charge < -0.3 is 19.7 Å². The molecule has 0 unspecified atom stereocenters. The van der Waals surface area contributed by atoms with Crippen LogP contribution in [0.3, 0.4) is 0 Å². The smallest absolute Gasteiger partial charge is 0.337 e. The molecule has 2 amide bonds. The monoisotopic (exact) mass is 689 g/mol. The number of nitrogens with zero attached hydrogens (tertiary/aromatic N) is 2. The number of hydrogen-bond donors (Lipinski definition) is 1. The van der Waals surface area contributed by atoms with Gasteiger partial charge in [-0.05, 0) is 79.6 Å². The largest absolute Gasteiger partial charge is 0.494 e. The zero-order valence-electron chi connectivity index (χ0n) is 26.6. The van der Waals surface area contributed by atoms with Gasteiger partial charge in [0.2, 0.25) is 11.8 Å². The van der Waals surface area contributed by atoms with Crippen molar-refractivity contribution in [2.75, 3.05) is 37.0 Å². The van der Waals surface area contributed by atoms with Crippen molar-refractivity contribution in [2.45, 2.75) is 31.8 Å². The zero-order chi connectivity index (χ0) is 34.2. The Morgan fingerprint density at radius 2 is 1.77 bits per heavy atom. The summed E-state index contributed by atoms with van der Waals surface area (Å²) in [4.78, 5) is 45.1. The van der Waals surface area contributed by atoms with E-state index in [0.717, 1.165) is 5.56 Å². The Labute approximate surface area is 288 Å². The van der Waals surface area contributed by atoms with Gasteiger partial charge in [0.1, 0.15) is 17.1 Å². The van der Waals surface area contributed by atoms with Crippen LogP contribution in [0.25, 0.3) is 0 Å². The molecule has 1 fully saturated rings. The summed E-state index contributed by atoms with van der Waals surface area (Å²) in [6, 6.07) is 23.9. The van der Waals surface area contributed by atoms with Crippen LogP contribution in [0, 0.1) is 11.7 Å². The van der Waals surface area contributed by atoms with Crippen LogP contribution in [0.15, 0.2) is 84.9 Å². The molecule has 0 aliphatic carbocycles. The number of esters is 1. The lowest BCUT2D eigenvalue weighted by Crippen LogP contribution is -2.50. The van der Waals surface area contributed by atoms with E-state index in [0.29, 0.717) is 39.9 Å². The summed E-state index contributed by atoms with van der Waals surface area (Å²) in [5, 5.41) is 3.30. The van der Waals surface area contributed by atoms with Gasteiger partial charge in [0, 0.05) is 47.5 Å². The molecule has 248 valence electrons. The van der Waals surface area contributed by atoms with Crippen LogP contribution >= 0.6 is 23.2 Å². The maximum absolute atomic E-state index is 16.3. The minimum absolute atomic E-state index is 0.112. The lowest BCUT2D eigenvalue weighted by Gasteiger charge is -2.38. The van der Waals surface area contributed by atoms with E-state index in [2.05, 4.69) is 5.32 Å². The summed E-state index contributed by atoms with van der Waals surface area (Å²) in [7, 11) is 1.30. The van der Waals surface area contributed by atoms with Crippen molar-refractivity contribution < 1.29 is 28.2 Å². The normalized spacial score (nSPS) is 20.0. The SMILES string of the molecule is CCOc1cccc(CN2C[C@@H](C(=O)N(CC)c3ccc(C(=O)OC)cc3)[C@H](c3cccc(Cl)c3F)[C@]23C(=O)Nc2cc(Cl)ccc23)c1. The molecule has 1 saturated heterocycles. The summed E-state index contributed by atoms with van der Waals surface area (Å²) < 4.78 is 26.8. The van der Waals surface area contributed by atoms with Crippen molar-refractivity contribution >= 4 is 52.4 Å². The second kappa shape index (κ2) is 13.6. The van der Waals surface area contributed by atoms with Crippen molar-refractivity contribution in [3.63, 3.8) is 0 Å². The maximum atomic E-state index is 16.3. The Morgan fingerprint density at radius 3 is 2.48 bits per heavy atom. The van der Waals surface area contributed by atoms with Gasteiger partial charge in [-0.3, -0.25) is 14.5 Å². The second-order valence-electron chi connectivity index (χ2n) is 11.7. The number of carbonyl (C=O) groups excluding carboxylic acids is 3. The molecular formula is C37H34Cl2FN3O5. The predicted octanol–water partition coefficient (Wildman–Crippen LogP) is 7.43. The van der Waals surface area contributed by atoms with Crippen LogP contribution in [-0.4, -0.2) is 49.5 Å². The summed E-state index contributed by atoms with van der Waals surface area (Å²) in [5.41, 5.74) is 1.44. The number of carbonyl (C=O) groups is 3. The quantitative estimate of drug-likeness (QED) is 0.184. The molecule has 2 aliphatic heterocycles. The third kappa shape index (κ3) is 5.70. The molecule has 1 N–H and O–H groups in total. The van der Waals surface area contributed by atoms with Crippen LogP contribution < -0.4 is 15.0 Å². The lowest BCUT2D eigenvalue weighted by molar-refractivity contribution is -0.127. The first-order valence-electron chi connectivity index (χ1n) is 15.7. The summed E-state index contributed by atoms with van der Waals surface area (Å²) >= 11 is 12.7. The van der Waals surface area contributed by atoms with E-state index in [4.69, 9.17) is 32.7 Å². The highest BCUT2D eigenvalue weighted by Gasteiger charge is 2.65. The number of fused-ring (bicyclic) bond motifs is 2. The topological polar surface area (TPSA) is 88.2 Å². The Kier molecular flexibility index (Phi) is 9.47. The fraction of sp³-hybridized carbons (Fsp3) is 0.270. The molecular weight excluding hydrogens is 656 g/mol. The molecule has 0 radical (unpaired) electrons. The maximum Gasteiger partial charge on any atom is 0.337 e. The van der Waals surface area contributed by atoms with Gasteiger partial charge >= 0.3 is 5.97 Å². The third-order valence-electron chi connectivity index (χ3n) is 9.15. The van der Waals surface area contributed by atoms with Gasteiger partial charge in [0.15, 0.2) is 0 Å². The van der Waals surface area contributed by atoms with Crippen LogP contribution in [0.5, 0.6) is 5.75 Å². The van der Waals surface area contributed by atoms with E-state index < -0.39 is 35.1 Å². The molecule has 4 aromatic rings. The molecule has 6 rings (SSSR count). The number of methoxy groups -OCH3 is 1. The summed E-state index contributed by atoms with van der Waals surface area (Å²) in [5.74, 6) is -3.13. The average molecular weight is 691 g/mol. The van der Waals surface area contributed by atoms with Crippen LogP contribution in [0.2, 0.25) is 10.0 Å². The number of rotatable bonds is 9. The summed E-state index contributed by atoms with van der Waals surface area (Å²) in [6.07, 6.45) is 0. The fourth-order valence-electron chi connectivity index (χ4n) is 7.18. The van der Waals surface area contributed by atoms with E-state index in [-0.39, 0.29) is 36.1 Å². The molecule has 48 heavy (non-hydrogen) atoms. The number of nitrogens with one attached hydrogen (secondary N) is 1. The minimum atomic E-state index is -1.51. The highest BCUT2D eigenvalue weighted by molar-refractivity contribution is 6.31. The van der Waals surface area contributed by atoms with E-state index >= 15 is 4.39 Å². The molecule has 3 atom stereocenters. The Hall–Kier alpha value is -4.44. The van der Waals surface area contributed by atoms with Gasteiger partial charge in [-0.1, -0.05) is 53.5 Å². The number of benzene rings is 4. The number of halogens is 3. The first-order valence-corrected chi connectivity index (χ1v) is 16.4. The van der Waals surface area contributed by atoms with Crippen LogP contribution in [0.4, 0.5) is 15.8 Å². The van der Waals surface area contributed by atoms with Crippen molar-refractivity contribution in [1.29, 1.82) is 0 Å². The van der Waals surface area contributed by atoms with E-state index in [1.807, 2.05) is 43.0 Å². The highest BCUT2D eigenvalue weighted by atomic mass is 35.5. The lowest BCUT2D eigenvalue weighted by atomic mass is 9.71. The van der Waals surface area contributed by atoms with Gasteiger partial charge in [-0.25, -0.2) is 9.18 Å². The Morgan fingerprint density at radius 1 is 1.02 bits per heavy atom. The molecule has 8 nitrogen and oxygen atoms in total. The number of amides is 2. The molecule has 2 aliphatic rings. The van der Waals surface area contributed by atoms with Gasteiger partial charge in [0.05, 0.1) is 30.2 Å². The molecule has 0 bridgehead atoms. The van der Waals surface area contributed by atoms with Crippen LogP contribution in [-0.2, 0) is 26.4 Å². The van der Waals surface area contributed by atoms with Crippen molar-refractivity contribution in [3.05, 3.63) is 123 Å². The van der Waals surface area contributed by atoms with Gasteiger partial charge in [-0.2, -0.15) is 0 Å². The molecule has 1 spiro atoms. The van der Waals surface area contributed by atoms with Crippen molar-refractivity contribution in [2.24, 2.45) is 5.92 Å². The van der Waals surface area contributed by atoms with E-state index in [1.54, 1.807) is 59.5 Å². The van der Waals surface area contributed by atoms with E-state index in [9.17, 15) is 14.4 Å². The minimum Gasteiger partial charge on any atom is -0.494 e. The number of hydrogen-bond acceptors (Lipinski definition) is 6. The second-order valence-corrected chi connectivity index (χ2v) is 12.6. The fourth-order valence-corrected chi connectivity index (χ4v) is 7.54. The number of ether oxygens (including phenoxy) is 2. The van der Waals surface area contributed by atoms with Crippen molar-refractivity contribution in [1.82, 2.24) is 4.90 Å². The average Bonchev–Trinajstić information content (AvgIpc) is 3.56.